The fraction of sp³-hybridized carbons (Fsp3) is 0.500. The Morgan fingerprint density at radius 3 is 2.20 bits per heavy atom. The number of ether oxygens (including phenoxy) is 1. The normalized spacial score (nSPS) is 20.8. The van der Waals surface area contributed by atoms with E-state index in [1.54, 1.807) is 11.8 Å². The minimum Gasteiger partial charge on any atom is -0.466 e. The maximum atomic E-state index is 13.9. The number of esters is 1. The van der Waals surface area contributed by atoms with Crippen LogP contribution in [-0.2, 0) is 25.3 Å². The van der Waals surface area contributed by atoms with E-state index >= 15 is 0 Å². The first kappa shape index (κ1) is 27.5. The molecule has 1 heterocycles. The van der Waals surface area contributed by atoms with Gasteiger partial charge in [-0.3, -0.25) is 9.59 Å². The first-order valence-corrected chi connectivity index (χ1v) is 16.2. The lowest BCUT2D eigenvalue weighted by Crippen LogP contribution is -2.46. The number of hydrogen-bond donors (Lipinski definition) is 0. The molecule has 1 aliphatic rings. The molecule has 1 fully saturated rings. The van der Waals surface area contributed by atoms with Gasteiger partial charge in [0.25, 0.3) is 0 Å². The molecule has 1 amide bonds. The van der Waals surface area contributed by atoms with Crippen LogP contribution in [0.25, 0.3) is 0 Å². The number of hydrogen-bond acceptors (Lipinski definition) is 5. The van der Waals surface area contributed by atoms with Gasteiger partial charge in [0, 0.05) is 17.4 Å². The van der Waals surface area contributed by atoms with Crippen molar-refractivity contribution >= 4 is 32.0 Å². The van der Waals surface area contributed by atoms with Crippen molar-refractivity contribution in [1.82, 2.24) is 4.90 Å². The van der Waals surface area contributed by atoms with Crippen molar-refractivity contribution in [1.29, 1.82) is 0 Å². The van der Waals surface area contributed by atoms with Gasteiger partial charge in [-0.15, -0.1) is 11.8 Å². The van der Waals surface area contributed by atoms with Crippen LogP contribution in [0.15, 0.2) is 65.6 Å². The summed E-state index contributed by atoms with van der Waals surface area (Å²) in [5, 5.41) is -0.326. The maximum Gasteiger partial charge on any atom is 0.306 e. The molecule has 0 spiro atoms. The van der Waals surface area contributed by atoms with E-state index in [9.17, 15) is 9.59 Å². The van der Waals surface area contributed by atoms with Crippen LogP contribution in [0.5, 0.6) is 0 Å². The summed E-state index contributed by atoms with van der Waals surface area (Å²) < 4.78 is 12.0. The third-order valence-electron chi connectivity index (χ3n) is 7.14. The van der Waals surface area contributed by atoms with Gasteiger partial charge >= 0.3 is 5.97 Å². The first-order chi connectivity index (χ1) is 16.5. The van der Waals surface area contributed by atoms with Gasteiger partial charge in [-0.25, -0.2) is 0 Å². The molecule has 0 N–H and O–H groups in total. The smallest absolute Gasteiger partial charge is 0.306 e. The Kier molecular flexibility index (Phi) is 9.24. The van der Waals surface area contributed by atoms with Crippen LogP contribution in [0.4, 0.5) is 0 Å². The van der Waals surface area contributed by atoms with E-state index in [2.05, 4.69) is 33.9 Å². The summed E-state index contributed by atoms with van der Waals surface area (Å²) >= 11 is 1.54. The number of nitrogens with zero attached hydrogens (tertiary/aromatic N) is 1. The quantitative estimate of drug-likeness (QED) is 0.282. The standard InChI is InChI=1S/C28H39NO4SSi/c1-7-32-25(30)18-23-24(20-33-35(5,6)28(2,3)4)29(19-21-14-10-8-11-15-21)27(31)26(23)34-22-16-12-9-13-17-22/h8-17,23-24,26H,7,18-20H2,1-6H3/t23-,24+,26+/m0/s1. The molecule has 7 heteroatoms. The Labute approximate surface area is 215 Å². The summed E-state index contributed by atoms with van der Waals surface area (Å²) in [5.41, 5.74) is 1.07. The minimum absolute atomic E-state index is 0.0503. The van der Waals surface area contributed by atoms with Crippen LogP contribution < -0.4 is 0 Å². The zero-order chi connectivity index (χ0) is 25.6. The molecule has 35 heavy (non-hydrogen) atoms. The number of amides is 1. The highest BCUT2D eigenvalue weighted by Crippen LogP contribution is 2.42. The Balaban J connectivity index is 1.96. The first-order valence-electron chi connectivity index (χ1n) is 12.4. The van der Waals surface area contributed by atoms with Gasteiger partial charge in [-0.1, -0.05) is 69.3 Å². The van der Waals surface area contributed by atoms with Crippen LogP contribution >= 0.6 is 11.8 Å². The van der Waals surface area contributed by atoms with Gasteiger partial charge in [-0.05, 0) is 42.8 Å². The Bertz CT molecular complexity index is 977. The zero-order valence-electron chi connectivity index (χ0n) is 21.8. The second kappa shape index (κ2) is 11.8. The maximum absolute atomic E-state index is 13.9. The number of rotatable bonds is 10. The van der Waals surface area contributed by atoms with Crippen molar-refractivity contribution in [3.63, 3.8) is 0 Å². The van der Waals surface area contributed by atoms with Crippen LogP contribution in [0.2, 0.25) is 18.1 Å². The van der Waals surface area contributed by atoms with Gasteiger partial charge in [-0.2, -0.15) is 0 Å². The van der Waals surface area contributed by atoms with Crippen molar-refractivity contribution in [2.24, 2.45) is 5.92 Å². The van der Waals surface area contributed by atoms with E-state index in [0.29, 0.717) is 19.8 Å². The van der Waals surface area contributed by atoms with Crippen molar-refractivity contribution in [2.45, 2.75) is 75.0 Å². The van der Waals surface area contributed by atoms with E-state index in [0.717, 1.165) is 10.5 Å². The van der Waals surface area contributed by atoms with E-state index in [-0.39, 0.29) is 40.5 Å². The van der Waals surface area contributed by atoms with Gasteiger partial charge < -0.3 is 14.1 Å². The third kappa shape index (κ3) is 6.99. The molecule has 0 radical (unpaired) electrons. The van der Waals surface area contributed by atoms with Crippen molar-refractivity contribution in [3.05, 3.63) is 66.2 Å². The second-order valence-electron chi connectivity index (χ2n) is 10.6. The average molecular weight is 514 g/mol. The zero-order valence-corrected chi connectivity index (χ0v) is 23.6. The predicted molar refractivity (Wildman–Crippen MR) is 145 cm³/mol. The van der Waals surface area contributed by atoms with Crippen LogP contribution in [0.1, 0.15) is 39.7 Å². The van der Waals surface area contributed by atoms with Crippen molar-refractivity contribution < 1.29 is 18.8 Å². The average Bonchev–Trinajstić information content (AvgIpc) is 3.03. The lowest BCUT2D eigenvalue weighted by Gasteiger charge is -2.38. The highest BCUT2D eigenvalue weighted by atomic mass is 32.2. The Morgan fingerprint density at radius 1 is 1.03 bits per heavy atom. The molecule has 0 unspecified atom stereocenters. The summed E-state index contributed by atoms with van der Waals surface area (Å²) in [7, 11) is -2.06. The van der Waals surface area contributed by atoms with Crippen LogP contribution in [-0.4, -0.2) is 49.6 Å². The Hall–Kier alpha value is -2.09. The van der Waals surface area contributed by atoms with E-state index in [1.165, 1.54) is 0 Å². The molecule has 3 rings (SSSR count). The van der Waals surface area contributed by atoms with E-state index < -0.39 is 8.32 Å². The highest BCUT2D eigenvalue weighted by molar-refractivity contribution is 8.00. The summed E-state index contributed by atoms with van der Waals surface area (Å²) in [6, 6.07) is 19.8. The molecule has 1 aliphatic heterocycles. The van der Waals surface area contributed by atoms with Gasteiger partial charge in [0.1, 0.15) is 0 Å². The fourth-order valence-corrected chi connectivity index (χ4v) is 6.40. The number of carbonyl (C=O) groups is 2. The monoisotopic (exact) mass is 513 g/mol. The molecule has 0 saturated carbocycles. The molecular formula is C28H39NO4SSi. The molecule has 0 bridgehead atoms. The molecule has 190 valence electrons. The number of benzene rings is 2. The number of carbonyl (C=O) groups excluding carboxylic acids is 2. The fourth-order valence-electron chi connectivity index (χ4n) is 4.08. The molecule has 0 aliphatic carbocycles. The predicted octanol–water partition coefficient (Wildman–Crippen LogP) is 6.15. The Morgan fingerprint density at radius 2 is 1.63 bits per heavy atom. The van der Waals surface area contributed by atoms with Crippen molar-refractivity contribution in [3.8, 4) is 0 Å². The van der Waals surface area contributed by atoms with Crippen LogP contribution in [0, 0.1) is 5.92 Å². The topological polar surface area (TPSA) is 55.8 Å². The van der Waals surface area contributed by atoms with Gasteiger partial charge in [0.05, 0.1) is 30.9 Å². The minimum atomic E-state index is -2.06. The largest absolute Gasteiger partial charge is 0.466 e. The lowest BCUT2D eigenvalue weighted by molar-refractivity contribution is -0.144. The molecule has 0 aromatic heterocycles. The molecule has 2 aromatic rings. The van der Waals surface area contributed by atoms with Gasteiger partial charge in [0.15, 0.2) is 8.32 Å². The number of likely N-dealkylation sites (tertiary alicyclic amines) is 1. The van der Waals surface area contributed by atoms with E-state index in [4.69, 9.17) is 9.16 Å². The molecule has 2 aromatic carbocycles. The molecule has 1 saturated heterocycles. The summed E-state index contributed by atoms with van der Waals surface area (Å²) in [5.74, 6) is -0.413. The number of thioether (sulfide) groups is 1. The van der Waals surface area contributed by atoms with Gasteiger partial charge in [0.2, 0.25) is 5.91 Å². The van der Waals surface area contributed by atoms with Crippen molar-refractivity contribution in [2.75, 3.05) is 13.2 Å². The SMILES string of the molecule is CCOC(=O)C[C@H]1[C@@H](CO[Si](C)(C)C(C)(C)C)N(Cc2ccccc2)C(=O)[C@@H]1Sc1ccccc1. The molecular weight excluding hydrogens is 474 g/mol. The van der Waals surface area contributed by atoms with Crippen LogP contribution in [0.3, 0.4) is 0 Å². The highest BCUT2D eigenvalue weighted by Gasteiger charge is 2.50. The molecule has 3 atom stereocenters. The van der Waals surface area contributed by atoms with E-state index in [1.807, 2.05) is 72.5 Å². The lowest BCUT2D eigenvalue weighted by atomic mass is 9.96. The summed E-state index contributed by atoms with van der Waals surface area (Å²) in [6.07, 6.45) is 0.195. The second-order valence-corrected chi connectivity index (χ2v) is 16.6. The molecule has 5 nitrogen and oxygen atoms in total. The summed E-state index contributed by atoms with van der Waals surface area (Å²) in [4.78, 5) is 29.5. The third-order valence-corrected chi connectivity index (χ3v) is 13.0. The summed E-state index contributed by atoms with van der Waals surface area (Å²) in [6.45, 7) is 14.1.